The first kappa shape index (κ1) is 19.1. The third-order valence-corrected chi connectivity index (χ3v) is 4.85. The number of aliphatic hydroxyl groups excluding tert-OH is 1. The van der Waals surface area contributed by atoms with Gasteiger partial charge in [-0.1, -0.05) is 6.08 Å². The van der Waals surface area contributed by atoms with Crippen LogP contribution in [-0.4, -0.2) is 52.4 Å². The predicted molar refractivity (Wildman–Crippen MR) is 105 cm³/mol. The molecule has 150 valence electrons. The predicted octanol–water partition coefficient (Wildman–Crippen LogP) is 2.92. The molecule has 8 heteroatoms. The molecule has 0 saturated carbocycles. The molecule has 1 aliphatic rings. The number of nitrogens with one attached hydrogen (secondary N) is 1. The van der Waals surface area contributed by atoms with Crippen LogP contribution >= 0.6 is 0 Å². The van der Waals surface area contributed by atoms with Gasteiger partial charge in [-0.3, -0.25) is 4.79 Å². The molecule has 3 heterocycles. The van der Waals surface area contributed by atoms with Crippen LogP contribution < -0.4 is 4.74 Å². The fraction of sp³-hybridized carbons (Fsp3) is 0.238. The second kappa shape index (κ2) is 7.65. The van der Waals surface area contributed by atoms with E-state index in [1.54, 1.807) is 19.4 Å². The molecule has 29 heavy (non-hydrogen) atoms. The fourth-order valence-electron chi connectivity index (χ4n) is 3.56. The Kier molecular flexibility index (Phi) is 5.04. The van der Waals surface area contributed by atoms with E-state index in [1.807, 2.05) is 18.2 Å². The minimum absolute atomic E-state index is 0.180. The number of carbonyl (C=O) groups excluding carboxylic acids is 1. The summed E-state index contributed by atoms with van der Waals surface area (Å²) in [5.41, 5.74) is 3.68. The number of carbonyl (C=O) groups is 1. The van der Waals surface area contributed by atoms with Gasteiger partial charge >= 0.3 is 5.97 Å². The Hall–Kier alpha value is -3.23. The minimum atomic E-state index is -0.447. The third-order valence-electron chi connectivity index (χ3n) is 4.85. The summed E-state index contributed by atoms with van der Waals surface area (Å²) in [7, 11) is 1.54. The van der Waals surface area contributed by atoms with E-state index in [2.05, 4.69) is 9.97 Å². The van der Waals surface area contributed by atoms with Crippen LogP contribution in [0.25, 0.3) is 27.7 Å². The van der Waals surface area contributed by atoms with Crippen molar-refractivity contribution >= 4 is 22.6 Å². The van der Waals surface area contributed by atoms with Gasteiger partial charge in [0.25, 0.3) is 0 Å². The van der Waals surface area contributed by atoms with Gasteiger partial charge in [-0.25, -0.2) is 9.37 Å². The average Bonchev–Trinajstić information content (AvgIpc) is 3.31. The first-order valence-corrected chi connectivity index (χ1v) is 9.09. The lowest BCUT2D eigenvalue weighted by Gasteiger charge is -2.20. The Bertz CT molecular complexity index is 1110. The second-order valence-corrected chi connectivity index (χ2v) is 6.75. The second-order valence-electron chi connectivity index (χ2n) is 6.75. The SMILES string of the molecule is COc1ccc(F)cc1-c1ccnc2[nH]c(C3=C[C@@H](CO)N(OC(C)=O)C3)cc12. The topological polar surface area (TPSA) is 87.7 Å². The molecule has 0 saturated heterocycles. The Balaban J connectivity index is 1.76. The van der Waals surface area contributed by atoms with E-state index in [0.717, 1.165) is 22.2 Å². The van der Waals surface area contributed by atoms with Gasteiger partial charge in [0.15, 0.2) is 0 Å². The highest BCUT2D eigenvalue weighted by Crippen LogP contribution is 2.36. The zero-order valence-corrected chi connectivity index (χ0v) is 16.0. The normalized spacial score (nSPS) is 16.8. The van der Waals surface area contributed by atoms with Crippen molar-refractivity contribution < 1.29 is 23.9 Å². The number of aliphatic hydroxyl groups is 1. The molecule has 1 aliphatic heterocycles. The Morgan fingerprint density at radius 3 is 2.90 bits per heavy atom. The zero-order chi connectivity index (χ0) is 20.5. The number of hydroxylamine groups is 2. The Morgan fingerprint density at radius 1 is 1.34 bits per heavy atom. The van der Waals surface area contributed by atoms with Crippen LogP contribution in [0, 0.1) is 5.82 Å². The molecule has 3 aromatic rings. The standard InChI is InChI=1S/C21H20FN3O4/c1-12(27)29-25-10-13(7-15(25)11-26)19-9-18-16(5-6-23-21(18)24-19)17-8-14(22)3-4-20(17)28-2/h3-9,15,26H,10-11H2,1-2H3,(H,23,24)/t15-/m0/s1. The van der Waals surface area contributed by atoms with Crippen molar-refractivity contribution in [1.82, 2.24) is 15.0 Å². The molecule has 0 fully saturated rings. The molecule has 0 radical (unpaired) electrons. The summed E-state index contributed by atoms with van der Waals surface area (Å²) in [5, 5.41) is 11.8. The van der Waals surface area contributed by atoms with Crippen molar-refractivity contribution in [2.45, 2.75) is 13.0 Å². The molecule has 0 spiro atoms. The van der Waals surface area contributed by atoms with Crippen LogP contribution in [0.15, 0.2) is 42.6 Å². The van der Waals surface area contributed by atoms with Crippen molar-refractivity contribution in [1.29, 1.82) is 0 Å². The number of rotatable bonds is 5. The van der Waals surface area contributed by atoms with E-state index < -0.39 is 12.0 Å². The molecule has 2 N–H and O–H groups in total. The number of hydrogen-bond donors (Lipinski definition) is 2. The quantitative estimate of drug-likeness (QED) is 0.688. The van der Waals surface area contributed by atoms with Crippen molar-refractivity contribution in [3.05, 3.63) is 54.1 Å². The van der Waals surface area contributed by atoms with Gasteiger partial charge in [0.05, 0.1) is 26.3 Å². The van der Waals surface area contributed by atoms with Crippen LogP contribution in [0.3, 0.4) is 0 Å². The van der Waals surface area contributed by atoms with Gasteiger partial charge in [-0.15, -0.1) is 5.06 Å². The van der Waals surface area contributed by atoms with Gasteiger partial charge in [0, 0.05) is 29.8 Å². The number of aromatic nitrogens is 2. The molecule has 4 rings (SSSR count). The number of aromatic amines is 1. The minimum Gasteiger partial charge on any atom is -0.496 e. The molecule has 2 aromatic heterocycles. The van der Waals surface area contributed by atoms with Crippen molar-refractivity contribution in [3.8, 4) is 16.9 Å². The molecule has 1 aromatic carbocycles. The number of pyridine rings is 1. The zero-order valence-electron chi connectivity index (χ0n) is 16.0. The van der Waals surface area contributed by atoms with Crippen LogP contribution in [0.2, 0.25) is 0 Å². The van der Waals surface area contributed by atoms with Crippen molar-refractivity contribution in [2.75, 3.05) is 20.3 Å². The molecule has 0 unspecified atom stereocenters. The molecular formula is C21H20FN3O4. The number of ether oxygens (including phenoxy) is 1. The Labute approximate surface area is 166 Å². The van der Waals surface area contributed by atoms with Crippen LogP contribution in [-0.2, 0) is 9.63 Å². The lowest BCUT2D eigenvalue weighted by atomic mass is 10.0. The maximum atomic E-state index is 13.9. The van der Waals surface area contributed by atoms with E-state index in [4.69, 9.17) is 9.57 Å². The largest absolute Gasteiger partial charge is 0.496 e. The number of benzene rings is 1. The van der Waals surface area contributed by atoms with E-state index in [-0.39, 0.29) is 12.4 Å². The highest BCUT2D eigenvalue weighted by molar-refractivity contribution is 5.97. The summed E-state index contributed by atoms with van der Waals surface area (Å²) in [5.74, 6) is -0.247. The molecule has 1 atom stereocenters. The summed E-state index contributed by atoms with van der Waals surface area (Å²) in [6.07, 6.45) is 3.49. The lowest BCUT2D eigenvalue weighted by Crippen LogP contribution is -2.34. The highest BCUT2D eigenvalue weighted by Gasteiger charge is 2.28. The summed E-state index contributed by atoms with van der Waals surface area (Å²) in [6, 6.07) is 7.68. The average molecular weight is 397 g/mol. The fourth-order valence-corrected chi connectivity index (χ4v) is 3.56. The van der Waals surface area contributed by atoms with Gasteiger partial charge in [0.2, 0.25) is 0 Å². The smallest absolute Gasteiger partial charge is 0.322 e. The van der Waals surface area contributed by atoms with E-state index in [0.29, 0.717) is 23.5 Å². The number of nitrogens with zero attached hydrogens (tertiary/aromatic N) is 2. The summed E-state index contributed by atoms with van der Waals surface area (Å²) in [6.45, 7) is 1.47. The summed E-state index contributed by atoms with van der Waals surface area (Å²) < 4.78 is 19.3. The third kappa shape index (κ3) is 3.59. The van der Waals surface area contributed by atoms with Gasteiger partial charge in [-0.05, 0) is 41.5 Å². The number of methoxy groups -OCH3 is 1. The molecule has 0 amide bonds. The number of H-pyrrole nitrogens is 1. The Morgan fingerprint density at radius 2 is 2.17 bits per heavy atom. The summed E-state index contributed by atoms with van der Waals surface area (Å²) >= 11 is 0. The monoisotopic (exact) mass is 397 g/mol. The first-order chi connectivity index (χ1) is 14.0. The van der Waals surface area contributed by atoms with Crippen LogP contribution in [0.4, 0.5) is 4.39 Å². The molecule has 7 nitrogen and oxygen atoms in total. The maximum absolute atomic E-state index is 13.9. The maximum Gasteiger partial charge on any atom is 0.322 e. The van der Waals surface area contributed by atoms with Gasteiger partial charge in [0.1, 0.15) is 17.2 Å². The molecule has 0 aliphatic carbocycles. The first-order valence-electron chi connectivity index (χ1n) is 9.09. The number of fused-ring (bicyclic) bond motifs is 1. The van der Waals surface area contributed by atoms with E-state index in [9.17, 15) is 14.3 Å². The molecule has 0 bridgehead atoms. The van der Waals surface area contributed by atoms with Gasteiger partial charge < -0.3 is 19.7 Å². The highest BCUT2D eigenvalue weighted by atomic mass is 19.1. The van der Waals surface area contributed by atoms with Crippen molar-refractivity contribution in [3.63, 3.8) is 0 Å². The lowest BCUT2D eigenvalue weighted by molar-refractivity contribution is -0.191. The summed E-state index contributed by atoms with van der Waals surface area (Å²) in [4.78, 5) is 24.1. The van der Waals surface area contributed by atoms with Crippen LogP contribution in [0.5, 0.6) is 5.75 Å². The van der Waals surface area contributed by atoms with Gasteiger partial charge in [-0.2, -0.15) is 0 Å². The van der Waals surface area contributed by atoms with Crippen molar-refractivity contribution in [2.24, 2.45) is 0 Å². The van der Waals surface area contributed by atoms with E-state index >= 15 is 0 Å². The molecular weight excluding hydrogens is 377 g/mol. The number of hydrogen-bond acceptors (Lipinski definition) is 6. The van der Waals surface area contributed by atoms with Crippen LogP contribution in [0.1, 0.15) is 12.6 Å². The number of halogens is 1. The van der Waals surface area contributed by atoms with E-state index in [1.165, 1.54) is 24.1 Å².